The highest BCUT2D eigenvalue weighted by molar-refractivity contribution is 5.80. The number of nitrogens with one attached hydrogen (secondary N) is 1. The van der Waals surface area contributed by atoms with E-state index in [1.165, 1.54) is 5.56 Å². The Morgan fingerprint density at radius 2 is 1.94 bits per heavy atom. The van der Waals surface area contributed by atoms with Gasteiger partial charge in [-0.3, -0.25) is 9.89 Å². The monoisotopic (exact) mass is 424 g/mol. The SMILES string of the molecule is CN=C(NCc1cccc(OC)c1OC)N1CC2OCCN(Cc3ccccc3)C2C1. The maximum absolute atomic E-state index is 6.12. The Hall–Kier alpha value is -2.77. The Morgan fingerprint density at radius 1 is 1.10 bits per heavy atom. The van der Waals surface area contributed by atoms with Crippen LogP contribution in [0.25, 0.3) is 0 Å². The zero-order chi connectivity index (χ0) is 21.6. The van der Waals surface area contributed by atoms with Gasteiger partial charge in [0.05, 0.1) is 33.0 Å². The van der Waals surface area contributed by atoms with Gasteiger partial charge in [0, 0.05) is 45.3 Å². The molecule has 2 unspecified atom stereocenters. The van der Waals surface area contributed by atoms with Crippen LogP contribution in [0.1, 0.15) is 11.1 Å². The number of ether oxygens (including phenoxy) is 3. The first-order valence-electron chi connectivity index (χ1n) is 10.8. The van der Waals surface area contributed by atoms with E-state index in [4.69, 9.17) is 14.2 Å². The minimum absolute atomic E-state index is 0.197. The third-order valence-corrected chi connectivity index (χ3v) is 6.08. The van der Waals surface area contributed by atoms with Crippen LogP contribution in [0.15, 0.2) is 53.5 Å². The van der Waals surface area contributed by atoms with E-state index in [1.807, 2.05) is 25.2 Å². The molecule has 2 aromatic carbocycles. The number of nitrogens with zero attached hydrogens (tertiary/aromatic N) is 3. The highest BCUT2D eigenvalue weighted by Gasteiger charge is 2.41. The molecule has 2 aromatic rings. The molecule has 166 valence electrons. The number of methoxy groups -OCH3 is 2. The van der Waals surface area contributed by atoms with Gasteiger partial charge in [0.25, 0.3) is 0 Å². The summed E-state index contributed by atoms with van der Waals surface area (Å²) in [4.78, 5) is 9.38. The van der Waals surface area contributed by atoms with Gasteiger partial charge in [-0.05, 0) is 11.6 Å². The third kappa shape index (κ3) is 4.78. The van der Waals surface area contributed by atoms with E-state index in [-0.39, 0.29) is 6.10 Å². The van der Waals surface area contributed by atoms with Gasteiger partial charge in [-0.2, -0.15) is 0 Å². The van der Waals surface area contributed by atoms with Gasteiger partial charge in [0.2, 0.25) is 0 Å². The van der Waals surface area contributed by atoms with Gasteiger partial charge in [-0.1, -0.05) is 42.5 Å². The van der Waals surface area contributed by atoms with Crippen LogP contribution in [0.2, 0.25) is 0 Å². The summed E-state index contributed by atoms with van der Waals surface area (Å²) in [6.07, 6.45) is 0.197. The fraction of sp³-hybridized carbons (Fsp3) is 0.458. The molecule has 2 fully saturated rings. The number of rotatable bonds is 6. The largest absolute Gasteiger partial charge is 0.493 e. The molecule has 0 amide bonds. The van der Waals surface area contributed by atoms with Crippen molar-refractivity contribution < 1.29 is 14.2 Å². The van der Waals surface area contributed by atoms with Crippen LogP contribution >= 0.6 is 0 Å². The molecular formula is C24H32N4O3. The molecule has 0 radical (unpaired) electrons. The lowest BCUT2D eigenvalue weighted by Gasteiger charge is -2.36. The molecule has 2 heterocycles. The van der Waals surface area contributed by atoms with Crippen LogP contribution in [-0.4, -0.2) is 75.4 Å². The van der Waals surface area contributed by atoms with E-state index in [0.29, 0.717) is 12.6 Å². The normalized spacial score (nSPS) is 21.6. The number of para-hydroxylation sites is 1. The molecule has 2 aliphatic rings. The second-order valence-corrected chi connectivity index (χ2v) is 7.89. The van der Waals surface area contributed by atoms with Gasteiger partial charge in [0.15, 0.2) is 17.5 Å². The number of aliphatic imine (C=N–C) groups is 1. The Kier molecular flexibility index (Phi) is 6.94. The maximum Gasteiger partial charge on any atom is 0.194 e. The van der Waals surface area contributed by atoms with Crippen LogP contribution < -0.4 is 14.8 Å². The Labute approximate surface area is 184 Å². The van der Waals surface area contributed by atoms with E-state index in [0.717, 1.165) is 55.8 Å². The highest BCUT2D eigenvalue weighted by Crippen LogP contribution is 2.30. The van der Waals surface area contributed by atoms with Gasteiger partial charge >= 0.3 is 0 Å². The summed E-state index contributed by atoms with van der Waals surface area (Å²) in [7, 11) is 5.15. The molecule has 1 N–H and O–H groups in total. The molecule has 0 aromatic heterocycles. The summed E-state index contributed by atoms with van der Waals surface area (Å²) in [6.45, 7) is 5.02. The molecular weight excluding hydrogens is 392 g/mol. The van der Waals surface area contributed by atoms with Crippen LogP contribution in [0, 0.1) is 0 Å². The Morgan fingerprint density at radius 3 is 2.68 bits per heavy atom. The van der Waals surface area contributed by atoms with Gasteiger partial charge < -0.3 is 24.4 Å². The third-order valence-electron chi connectivity index (χ3n) is 6.08. The lowest BCUT2D eigenvalue weighted by Crippen LogP contribution is -2.50. The van der Waals surface area contributed by atoms with Gasteiger partial charge in [-0.15, -0.1) is 0 Å². The van der Waals surface area contributed by atoms with Crippen molar-refractivity contribution in [1.29, 1.82) is 0 Å². The summed E-state index contributed by atoms with van der Waals surface area (Å²) >= 11 is 0. The van der Waals surface area contributed by atoms with E-state index < -0.39 is 0 Å². The highest BCUT2D eigenvalue weighted by atomic mass is 16.5. The average molecular weight is 425 g/mol. The van der Waals surface area contributed by atoms with Crippen LogP contribution in [0.5, 0.6) is 11.5 Å². The van der Waals surface area contributed by atoms with Crippen molar-refractivity contribution in [2.75, 3.05) is 47.5 Å². The molecule has 2 atom stereocenters. The quantitative estimate of drug-likeness (QED) is 0.568. The van der Waals surface area contributed by atoms with Crippen molar-refractivity contribution in [2.45, 2.75) is 25.2 Å². The first kappa shape index (κ1) is 21.5. The summed E-state index contributed by atoms with van der Waals surface area (Å²) in [5.41, 5.74) is 2.37. The first-order chi connectivity index (χ1) is 15.2. The van der Waals surface area contributed by atoms with E-state index in [2.05, 4.69) is 50.4 Å². The lowest BCUT2D eigenvalue weighted by molar-refractivity contribution is -0.0502. The Bertz CT molecular complexity index is 890. The average Bonchev–Trinajstić information content (AvgIpc) is 3.25. The number of benzene rings is 2. The van der Waals surface area contributed by atoms with Gasteiger partial charge in [-0.25, -0.2) is 0 Å². The summed E-state index contributed by atoms with van der Waals surface area (Å²) in [6, 6.07) is 16.9. The Balaban J connectivity index is 1.41. The number of fused-ring (bicyclic) bond motifs is 1. The predicted octanol–water partition coefficient (Wildman–Crippen LogP) is 2.36. The first-order valence-corrected chi connectivity index (χ1v) is 10.8. The molecule has 7 nitrogen and oxygen atoms in total. The van der Waals surface area contributed by atoms with E-state index >= 15 is 0 Å². The van der Waals surface area contributed by atoms with Crippen LogP contribution in [0.4, 0.5) is 0 Å². The summed E-state index contributed by atoms with van der Waals surface area (Å²) in [5, 5.41) is 3.49. The van der Waals surface area contributed by atoms with Crippen LogP contribution in [0.3, 0.4) is 0 Å². The minimum atomic E-state index is 0.197. The smallest absolute Gasteiger partial charge is 0.194 e. The van der Waals surface area contributed by atoms with Crippen molar-refractivity contribution in [1.82, 2.24) is 15.1 Å². The number of hydrogen-bond acceptors (Lipinski definition) is 5. The number of hydrogen-bond donors (Lipinski definition) is 1. The van der Waals surface area contributed by atoms with Gasteiger partial charge in [0.1, 0.15) is 0 Å². The standard InChI is InChI=1S/C24H32N4O3/c1-25-24(26-14-19-10-7-11-21(29-2)23(19)30-3)28-16-20-22(17-28)31-13-12-27(20)15-18-8-5-4-6-9-18/h4-11,20,22H,12-17H2,1-3H3,(H,25,26). The second-order valence-electron chi connectivity index (χ2n) is 7.89. The fourth-order valence-electron chi connectivity index (χ4n) is 4.54. The predicted molar refractivity (Wildman–Crippen MR) is 122 cm³/mol. The van der Waals surface area contributed by atoms with Crippen molar-refractivity contribution >= 4 is 5.96 Å². The summed E-state index contributed by atoms with van der Waals surface area (Å²) in [5.74, 6) is 2.36. The fourth-order valence-corrected chi connectivity index (χ4v) is 4.54. The lowest BCUT2D eigenvalue weighted by atomic mass is 10.1. The van der Waals surface area contributed by atoms with Crippen LogP contribution in [-0.2, 0) is 17.8 Å². The summed E-state index contributed by atoms with van der Waals surface area (Å²) < 4.78 is 17.1. The maximum atomic E-state index is 6.12. The molecule has 0 spiro atoms. The van der Waals surface area contributed by atoms with Crippen molar-refractivity contribution in [2.24, 2.45) is 4.99 Å². The van der Waals surface area contributed by atoms with Crippen molar-refractivity contribution in [3.8, 4) is 11.5 Å². The molecule has 7 heteroatoms. The van der Waals surface area contributed by atoms with Crippen molar-refractivity contribution in [3.05, 3.63) is 59.7 Å². The minimum Gasteiger partial charge on any atom is -0.493 e. The van der Waals surface area contributed by atoms with Crippen molar-refractivity contribution in [3.63, 3.8) is 0 Å². The van der Waals surface area contributed by atoms with E-state index in [1.54, 1.807) is 14.2 Å². The second kappa shape index (κ2) is 10.0. The number of likely N-dealkylation sites (tertiary alicyclic amines) is 1. The molecule has 0 saturated carbocycles. The zero-order valence-electron chi connectivity index (χ0n) is 18.6. The molecule has 31 heavy (non-hydrogen) atoms. The topological polar surface area (TPSA) is 58.6 Å². The molecule has 0 bridgehead atoms. The molecule has 2 saturated heterocycles. The zero-order valence-corrected chi connectivity index (χ0v) is 18.6. The van der Waals surface area contributed by atoms with E-state index in [9.17, 15) is 0 Å². The molecule has 4 rings (SSSR count). The number of morpholine rings is 1. The molecule has 2 aliphatic heterocycles. The molecule has 0 aliphatic carbocycles. The number of guanidine groups is 1.